The number of benzene rings is 1. The molecule has 2 rings (SSSR count). The Morgan fingerprint density at radius 3 is 2.62 bits per heavy atom. The highest BCUT2D eigenvalue weighted by molar-refractivity contribution is 7.85. The topological polar surface area (TPSA) is 43.1 Å². The third kappa shape index (κ3) is 1.23. The summed E-state index contributed by atoms with van der Waals surface area (Å²) in [5.74, 6) is 0.584. The molecule has 0 amide bonds. The first-order chi connectivity index (χ1) is 6.11. The van der Waals surface area contributed by atoms with Crippen LogP contribution in [0.4, 0.5) is 0 Å². The van der Waals surface area contributed by atoms with Crippen LogP contribution in [0.1, 0.15) is 22.7 Å². The van der Waals surface area contributed by atoms with Crippen molar-refractivity contribution in [2.45, 2.75) is 24.8 Å². The van der Waals surface area contributed by atoms with Crippen LogP contribution in [0, 0.1) is 13.8 Å². The first-order valence-corrected chi connectivity index (χ1v) is 5.67. The summed E-state index contributed by atoms with van der Waals surface area (Å²) >= 11 is 0. The molecule has 2 unspecified atom stereocenters. The lowest BCUT2D eigenvalue weighted by Gasteiger charge is -2.08. The molecule has 0 bridgehead atoms. The molecule has 0 aromatic heterocycles. The van der Waals surface area contributed by atoms with Gasteiger partial charge in [-0.1, -0.05) is 12.1 Å². The van der Waals surface area contributed by atoms with Crippen LogP contribution in [0.25, 0.3) is 0 Å². The summed E-state index contributed by atoms with van der Waals surface area (Å²) in [6.07, 6.45) is 0. The Hall–Kier alpha value is -0.670. The third-order valence-electron chi connectivity index (χ3n) is 2.54. The van der Waals surface area contributed by atoms with E-state index in [0.29, 0.717) is 5.75 Å². The fourth-order valence-corrected chi connectivity index (χ4v) is 3.54. The largest absolute Gasteiger partial charge is 0.323 e. The molecular weight excluding hydrogens is 182 g/mol. The van der Waals surface area contributed by atoms with E-state index < -0.39 is 10.8 Å². The Morgan fingerprint density at radius 2 is 2.00 bits per heavy atom. The summed E-state index contributed by atoms with van der Waals surface area (Å²) in [6, 6.07) is 4.04. The highest BCUT2D eigenvalue weighted by atomic mass is 32.2. The molecule has 1 aromatic carbocycles. The van der Waals surface area contributed by atoms with Gasteiger partial charge in [-0.15, -0.1) is 0 Å². The van der Waals surface area contributed by atoms with Gasteiger partial charge in [0.15, 0.2) is 0 Å². The summed E-state index contributed by atoms with van der Waals surface area (Å²) < 4.78 is 11.7. The van der Waals surface area contributed by atoms with Crippen molar-refractivity contribution in [2.75, 3.05) is 5.75 Å². The Kier molecular flexibility index (Phi) is 2.00. The molecule has 70 valence electrons. The molecule has 1 heterocycles. The number of nitrogens with two attached hydrogens (primary N) is 1. The van der Waals surface area contributed by atoms with Gasteiger partial charge in [-0.3, -0.25) is 4.21 Å². The van der Waals surface area contributed by atoms with Crippen LogP contribution in [0.3, 0.4) is 0 Å². The molecular formula is C10H13NOS. The van der Waals surface area contributed by atoms with Gasteiger partial charge in [0, 0.05) is 16.7 Å². The van der Waals surface area contributed by atoms with Crippen molar-refractivity contribution in [3.63, 3.8) is 0 Å². The van der Waals surface area contributed by atoms with Gasteiger partial charge < -0.3 is 5.73 Å². The van der Waals surface area contributed by atoms with E-state index in [4.69, 9.17) is 5.73 Å². The van der Waals surface area contributed by atoms with E-state index in [9.17, 15) is 4.21 Å². The molecule has 0 fully saturated rings. The van der Waals surface area contributed by atoms with Gasteiger partial charge in [-0.25, -0.2) is 0 Å². The van der Waals surface area contributed by atoms with Crippen molar-refractivity contribution in [3.8, 4) is 0 Å². The fraction of sp³-hybridized carbons (Fsp3) is 0.400. The van der Waals surface area contributed by atoms with E-state index in [1.165, 1.54) is 5.56 Å². The minimum absolute atomic E-state index is 0.0317. The molecule has 2 N–H and O–H groups in total. The first kappa shape index (κ1) is 8.91. The zero-order valence-electron chi connectivity index (χ0n) is 7.83. The predicted molar refractivity (Wildman–Crippen MR) is 54.1 cm³/mol. The van der Waals surface area contributed by atoms with Crippen LogP contribution in [0.15, 0.2) is 17.0 Å². The molecule has 0 radical (unpaired) electrons. The van der Waals surface area contributed by atoms with Gasteiger partial charge in [0.2, 0.25) is 0 Å². The van der Waals surface area contributed by atoms with Crippen LogP contribution in [0.5, 0.6) is 0 Å². The maximum Gasteiger partial charge on any atom is 0.0554 e. The second-order valence-electron chi connectivity index (χ2n) is 3.56. The highest BCUT2D eigenvalue weighted by Crippen LogP contribution is 2.33. The summed E-state index contributed by atoms with van der Waals surface area (Å²) in [5, 5.41) is 0. The normalized spacial score (nSPS) is 26.1. The smallest absolute Gasteiger partial charge is 0.0554 e. The molecule has 0 spiro atoms. The van der Waals surface area contributed by atoms with Crippen LogP contribution < -0.4 is 5.73 Å². The molecule has 0 aliphatic carbocycles. The Bertz CT molecular complexity index is 387. The summed E-state index contributed by atoms with van der Waals surface area (Å²) in [7, 11) is -0.875. The van der Waals surface area contributed by atoms with E-state index in [0.717, 1.165) is 16.0 Å². The lowest BCUT2D eigenvalue weighted by Crippen LogP contribution is -2.11. The van der Waals surface area contributed by atoms with Crippen molar-refractivity contribution in [2.24, 2.45) is 5.73 Å². The van der Waals surface area contributed by atoms with Gasteiger partial charge >= 0.3 is 0 Å². The van der Waals surface area contributed by atoms with Crippen LogP contribution in [-0.2, 0) is 10.8 Å². The van der Waals surface area contributed by atoms with E-state index in [1.807, 2.05) is 19.9 Å². The molecule has 3 heteroatoms. The Morgan fingerprint density at radius 1 is 1.38 bits per heavy atom. The fourth-order valence-electron chi connectivity index (χ4n) is 1.90. The van der Waals surface area contributed by atoms with E-state index >= 15 is 0 Å². The molecule has 13 heavy (non-hydrogen) atoms. The number of hydrogen-bond acceptors (Lipinski definition) is 2. The first-order valence-electron chi connectivity index (χ1n) is 4.35. The maximum absolute atomic E-state index is 11.7. The molecule has 2 nitrogen and oxygen atoms in total. The third-order valence-corrected chi connectivity index (χ3v) is 4.20. The average molecular weight is 195 g/mol. The van der Waals surface area contributed by atoms with E-state index in [1.54, 1.807) is 0 Å². The van der Waals surface area contributed by atoms with Gasteiger partial charge in [0.1, 0.15) is 0 Å². The second-order valence-corrected chi connectivity index (χ2v) is 4.99. The standard InChI is InChI=1S/C10H13NOS/c1-6-3-4-7(2)10-9(6)8(11)5-13(10)12/h3-4,8H,5,11H2,1-2H3. The Balaban J connectivity index is 2.74. The SMILES string of the molecule is Cc1ccc(C)c2c1C(N)CS2=O. The molecule has 0 saturated heterocycles. The molecule has 1 aliphatic heterocycles. The molecule has 1 aliphatic rings. The summed E-state index contributed by atoms with van der Waals surface area (Å²) in [6.45, 7) is 4.02. The van der Waals surface area contributed by atoms with Crippen LogP contribution in [-0.4, -0.2) is 9.96 Å². The van der Waals surface area contributed by atoms with Crippen molar-refractivity contribution >= 4 is 10.8 Å². The quantitative estimate of drug-likeness (QED) is 0.680. The van der Waals surface area contributed by atoms with E-state index in [2.05, 4.69) is 6.07 Å². The lowest BCUT2D eigenvalue weighted by atomic mass is 10.0. The Labute approximate surface area is 80.6 Å². The van der Waals surface area contributed by atoms with Crippen molar-refractivity contribution in [1.82, 2.24) is 0 Å². The lowest BCUT2D eigenvalue weighted by molar-refractivity contribution is 0.683. The maximum atomic E-state index is 11.7. The van der Waals surface area contributed by atoms with Gasteiger partial charge in [-0.2, -0.15) is 0 Å². The number of hydrogen-bond donors (Lipinski definition) is 1. The van der Waals surface area contributed by atoms with E-state index in [-0.39, 0.29) is 6.04 Å². The van der Waals surface area contributed by atoms with Crippen molar-refractivity contribution in [3.05, 3.63) is 28.8 Å². The second kappa shape index (κ2) is 2.93. The molecule has 0 saturated carbocycles. The number of aryl methyl sites for hydroxylation is 2. The summed E-state index contributed by atoms with van der Waals surface area (Å²) in [5.41, 5.74) is 9.29. The zero-order valence-corrected chi connectivity index (χ0v) is 8.65. The predicted octanol–water partition coefficient (Wildman–Crippen LogP) is 1.42. The molecule has 1 aromatic rings. The van der Waals surface area contributed by atoms with Gasteiger partial charge in [0.25, 0.3) is 0 Å². The number of fused-ring (bicyclic) bond motifs is 1. The van der Waals surface area contributed by atoms with Crippen LogP contribution in [0.2, 0.25) is 0 Å². The van der Waals surface area contributed by atoms with Crippen LogP contribution >= 0.6 is 0 Å². The minimum atomic E-state index is -0.875. The number of rotatable bonds is 0. The van der Waals surface area contributed by atoms with Gasteiger partial charge in [-0.05, 0) is 30.5 Å². The van der Waals surface area contributed by atoms with Crippen molar-refractivity contribution in [1.29, 1.82) is 0 Å². The van der Waals surface area contributed by atoms with Crippen molar-refractivity contribution < 1.29 is 4.21 Å². The summed E-state index contributed by atoms with van der Waals surface area (Å²) in [4.78, 5) is 0.979. The monoisotopic (exact) mass is 195 g/mol. The minimum Gasteiger partial charge on any atom is -0.323 e. The average Bonchev–Trinajstić information content (AvgIpc) is 2.36. The highest BCUT2D eigenvalue weighted by Gasteiger charge is 2.28. The zero-order chi connectivity index (χ0) is 9.59. The van der Waals surface area contributed by atoms with Gasteiger partial charge in [0.05, 0.1) is 10.8 Å². The molecule has 2 atom stereocenters.